The Balaban J connectivity index is 1.90. The van der Waals surface area contributed by atoms with Crippen molar-refractivity contribution in [2.75, 3.05) is 20.1 Å². The minimum Gasteiger partial charge on any atom is -0.476 e. The third kappa shape index (κ3) is 3.08. The second-order valence-corrected chi connectivity index (χ2v) is 4.48. The molecule has 0 aromatic carbocycles. The van der Waals surface area contributed by atoms with Gasteiger partial charge in [-0.05, 0) is 19.4 Å². The molecule has 0 saturated carbocycles. The number of carbonyl (C=O) groups is 2. The summed E-state index contributed by atoms with van der Waals surface area (Å²) < 4.78 is 1.49. The Hall–Kier alpha value is -1.96. The van der Waals surface area contributed by atoms with Gasteiger partial charge in [0.2, 0.25) is 5.91 Å². The molecule has 0 aliphatic carbocycles. The minimum atomic E-state index is -1.09. The lowest BCUT2D eigenvalue weighted by Gasteiger charge is -2.22. The van der Waals surface area contributed by atoms with E-state index >= 15 is 0 Å². The molecule has 2 rings (SSSR count). The summed E-state index contributed by atoms with van der Waals surface area (Å²) in [4.78, 5) is 24.4. The molecule has 8 heteroatoms. The molecule has 0 bridgehead atoms. The van der Waals surface area contributed by atoms with E-state index in [1.54, 1.807) is 7.05 Å². The van der Waals surface area contributed by atoms with Crippen LogP contribution in [0.15, 0.2) is 6.20 Å². The second-order valence-electron chi connectivity index (χ2n) is 4.48. The summed E-state index contributed by atoms with van der Waals surface area (Å²) in [6.45, 7) is 2.05. The van der Waals surface area contributed by atoms with Crippen molar-refractivity contribution in [2.24, 2.45) is 0 Å². The average molecular weight is 267 g/mol. The van der Waals surface area contributed by atoms with Crippen LogP contribution >= 0.6 is 0 Å². The van der Waals surface area contributed by atoms with Crippen molar-refractivity contribution in [3.63, 3.8) is 0 Å². The van der Waals surface area contributed by atoms with Crippen LogP contribution in [0.2, 0.25) is 0 Å². The molecule has 1 fully saturated rings. The molecule has 1 aromatic rings. The number of carbonyl (C=O) groups excluding carboxylic acids is 1. The van der Waals surface area contributed by atoms with Crippen LogP contribution in [-0.2, 0) is 11.3 Å². The SMILES string of the molecule is CNC(=O)C1CCCN1CCn1cc(C(=O)O)nn1. The van der Waals surface area contributed by atoms with Crippen LogP contribution in [0, 0.1) is 0 Å². The lowest BCUT2D eigenvalue weighted by molar-refractivity contribution is -0.125. The van der Waals surface area contributed by atoms with Crippen molar-refractivity contribution in [1.29, 1.82) is 0 Å². The van der Waals surface area contributed by atoms with Gasteiger partial charge in [0.15, 0.2) is 5.69 Å². The number of hydrogen-bond acceptors (Lipinski definition) is 5. The summed E-state index contributed by atoms with van der Waals surface area (Å²) in [6, 6.07) is -0.0903. The third-order valence-corrected chi connectivity index (χ3v) is 3.29. The van der Waals surface area contributed by atoms with Gasteiger partial charge in [0.25, 0.3) is 0 Å². The quantitative estimate of drug-likeness (QED) is 0.723. The van der Waals surface area contributed by atoms with Crippen LogP contribution in [0.4, 0.5) is 0 Å². The summed E-state index contributed by atoms with van der Waals surface area (Å²) in [7, 11) is 1.63. The Kier molecular flexibility index (Phi) is 4.10. The molecule has 1 atom stereocenters. The van der Waals surface area contributed by atoms with Crippen molar-refractivity contribution in [3.8, 4) is 0 Å². The lowest BCUT2D eigenvalue weighted by Crippen LogP contribution is -2.43. The first-order valence-electron chi connectivity index (χ1n) is 6.21. The highest BCUT2D eigenvalue weighted by Gasteiger charge is 2.29. The van der Waals surface area contributed by atoms with Crippen molar-refractivity contribution in [3.05, 3.63) is 11.9 Å². The Morgan fingerprint density at radius 2 is 2.32 bits per heavy atom. The molecule has 19 heavy (non-hydrogen) atoms. The highest BCUT2D eigenvalue weighted by Crippen LogP contribution is 2.16. The zero-order chi connectivity index (χ0) is 13.8. The number of likely N-dealkylation sites (N-methyl/N-ethyl adjacent to an activating group) is 1. The molecular weight excluding hydrogens is 250 g/mol. The maximum atomic E-state index is 11.7. The molecule has 2 N–H and O–H groups in total. The molecule has 1 unspecified atom stereocenters. The molecule has 1 aromatic heterocycles. The molecule has 1 aliphatic rings. The molecular formula is C11H17N5O3. The van der Waals surface area contributed by atoms with E-state index < -0.39 is 5.97 Å². The van der Waals surface area contributed by atoms with E-state index in [0.29, 0.717) is 13.1 Å². The van der Waals surface area contributed by atoms with Gasteiger partial charge in [-0.1, -0.05) is 5.21 Å². The van der Waals surface area contributed by atoms with Gasteiger partial charge in [0.1, 0.15) is 0 Å². The summed E-state index contributed by atoms with van der Waals surface area (Å²) in [6.07, 6.45) is 3.25. The molecule has 8 nitrogen and oxygen atoms in total. The number of aromatic nitrogens is 3. The number of nitrogens with zero attached hydrogens (tertiary/aromatic N) is 4. The molecule has 1 amide bonds. The normalized spacial score (nSPS) is 19.5. The van der Waals surface area contributed by atoms with Crippen molar-refractivity contribution >= 4 is 11.9 Å². The fourth-order valence-electron chi connectivity index (χ4n) is 2.29. The monoisotopic (exact) mass is 267 g/mol. The number of rotatable bonds is 5. The molecule has 1 saturated heterocycles. The number of amides is 1. The van der Waals surface area contributed by atoms with Crippen molar-refractivity contribution < 1.29 is 14.7 Å². The van der Waals surface area contributed by atoms with E-state index in [4.69, 9.17) is 5.11 Å². The average Bonchev–Trinajstić information content (AvgIpc) is 3.04. The molecule has 2 heterocycles. The summed E-state index contributed by atoms with van der Waals surface area (Å²) in [5.74, 6) is -1.06. The summed E-state index contributed by atoms with van der Waals surface area (Å²) in [5.41, 5.74) is -0.0655. The number of likely N-dealkylation sites (tertiary alicyclic amines) is 1. The fraction of sp³-hybridized carbons (Fsp3) is 0.636. The standard InChI is InChI=1S/C11H17N5O3/c1-12-10(17)9-3-2-4-15(9)5-6-16-7-8(11(18)19)13-14-16/h7,9H,2-6H2,1H3,(H,12,17)(H,18,19). The van der Waals surface area contributed by atoms with Gasteiger partial charge in [0, 0.05) is 13.6 Å². The van der Waals surface area contributed by atoms with Crippen LogP contribution < -0.4 is 5.32 Å². The molecule has 104 valence electrons. The minimum absolute atomic E-state index is 0.0299. The zero-order valence-electron chi connectivity index (χ0n) is 10.7. The van der Waals surface area contributed by atoms with Crippen molar-refractivity contribution in [2.45, 2.75) is 25.4 Å². The van der Waals surface area contributed by atoms with E-state index in [1.807, 2.05) is 0 Å². The van der Waals surface area contributed by atoms with E-state index in [1.165, 1.54) is 10.9 Å². The molecule has 0 radical (unpaired) electrons. The second kappa shape index (κ2) is 5.79. The Morgan fingerprint density at radius 3 is 2.95 bits per heavy atom. The fourth-order valence-corrected chi connectivity index (χ4v) is 2.29. The van der Waals surface area contributed by atoms with E-state index in [0.717, 1.165) is 19.4 Å². The van der Waals surface area contributed by atoms with Crippen molar-refractivity contribution in [1.82, 2.24) is 25.2 Å². The topological polar surface area (TPSA) is 100 Å². The van der Waals surface area contributed by atoms with Gasteiger partial charge in [-0.15, -0.1) is 5.10 Å². The Bertz CT molecular complexity index is 473. The Morgan fingerprint density at radius 1 is 1.53 bits per heavy atom. The van der Waals surface area contributed by atoms with Gasteiger partial charge < -0.3 is 10.4 Å². The number of carboxylic acid groups (broad SMARTS) is 1. The van der Waals surface area contributed by atoms with Crippen LogP contribution in [0.1, 0.15) is 23.3 Å². The first-order valence-corrected chi connectivity index (χ1v) is 6.21. The third-order valence-electron chi connectivity index (χ3n) is 3.29. The summed E-state index contributed by atoms with van der Waals surface area (Å²) >= 11 is 0. The predicted octanol–water partition coefficient (Wildman–Crippen LogP) is -0.813. The van der Waals surface area contributed by atoms with E-state index in [9.17, 15) is 9.59 Å². The highest BCUT2D eigenvalue weighted by molar-refractivity contribution is 5.84. The van der Waals surface area contributed by atoms with Gasteiger partial charge in [0.05, 0.1) is 18.8 Å². The van der Waals surface area contributed by atoms with Gasteiger partial charge in [-0.2, -0.15) is 0 Å². The first-order chi connectivity index (χ1) is 9.11. The van der Waals surface area contributed by atoms with Crippen LogP contribution in [-0.4, -0.2) is 63.1 Å². The maximum Gasteiger partial charge on any atom is 0.358 e. The van der Waals surface area contributed by atoms with Crippen LogP contribution in [0.25, 0.3) is 0 Å². The number of hydrogen-bond donors (Lipinski definition) is 2. The largest absolute Gasteiger partial charge is 0.476 e. The number of nitrogens with one attached hydrogen (secondary N) is 1. The molecule has 1 aliphatic heterocycles. The van der Waals surface area contributed by atoms with E-state index in [2.05, 4.69) is 20.5 Å². The predicted molar refractivity (Wildman–Crippen MR) is 65.6 cm³/mol. The van der Waals surface area contributed by atoms with Gasteiger partial charge in [-0.3, -0.25) is 14.4 Å². The lowest BCUT2D eigenvalue weighted by atomic mass is 10.2. The molecule has 0 spiro atoms. The maximum absolute atomic E-state index is 11.7. The number of carboxylic acids is 1. The zero-order valence-corrected chi connectivity index (χ0v) is 10.7. The Labute approximate surface area is 110 Å². The van der Waals surface area contributed by atoms with Crippen LogP contribution in [0.3, 0.4) is 0 Å². The highest BCUT2D eigenvalue weighted by atomic mass is 16.4. The van der Waals surface area contributed by atoms with Gasteiger partial charge in [-0.25, -0.2) is 4.79 Å². The van der Waals surface area contributed by atoms with E-state index in [-0.39, 0.29) is 17.6 Å². The van der Waals surface area contributed by atoms with Crippen LogP contribution in [0.5, 0.6) is 0 Å². The summed E-state index contributed by atoms with van der Waals surface area (Å²) in [5, 5.41) is 18.7. The first kappa shape index (κ1) is 13.5. The smallest absolute Gasteiger partial charge is 0.358 e. The van der Waals surface area contributed by atoms with Gasteiger partial charge >= 0.3 is 5.97 Å². The number of aromatic carboxylic acids is 1.